The molecule has 2 heterocycles. The highest BCUT2D eigenvalue weighted by Gasteiger charge is 2.55. The van der Waals surface area contributed by atoms with Gasteiger partial charge in [-0.15, -0.1) is 0 Å². The van der Waals surface area contributed by atoms with Crippen LogP contribution in [-0.2, 0) is 18.6 Å². The van der Waals surface area contributed by atoms with E-state index >= 15 is 0 Å². The molecule has 2 rings (SSSR count). The normalized spacial score (nSPS) is 36.0. The predicted molar refractivity (Wildman–Crippen MR) is 82.7 cm³/mol. The average Bonchev–Trinajstić information content (AvgIpc) is 3.03. The zero-order chi connectivity index (χ0) is 16.1. The van der Waals surface area contributed by atoms with Crippen LogP contribution in [0.4, 0.5) is 0 Å². The van der Waals surface area contributed by atoms with Gasteiger partial charge in [-0.1, -0.05) is 20.8 Å². The lowest BCUT2D eigenvalue weighted by atomic mass is 10.1. The van der Waals surface area contributed by atoms with E-state index in [4.69, 9.17) is 18.6 Å². The van der Waals surface area contributed by atoms with Gasteiger partial charge in [-0.2, -0.15) is 0 Å². The van der Waals surface area contributed by atoms with Gasteiger partial charge in [0.15, 0.2) is 14.1 Å². The molecule has 0 saturated carbocycles. The van der Waals surface area contributed by atoms with E-state index in [1.165, 1.54) is 0 Å². The second-order valence-corrected chi connectivity index (χ2v) is 12.8. The molecule has 2 saturated heterocycles. The molecule has 6 heteroatoms. The van der Waals surface area contributed by atoms with Gasteiger partial charge >= 0.3 is 0 Å². The van der Waals surface area contributed by atoms with E-state index in [1.807, 2.05) is 13.8 Å². The SMILES string of the molecule is CC1(C)OC(CO[Si](C)(C)C(C)(C)C)C(C2OC2CO)O1. The lowest BCUT2D eigenvalue weighted by Gasteiger charge is -2.37. The van der Waals surface area contributed by atoms with Crippen molar-refractivity contribution in [1.82, 2.24) is 0 Å². The number of hydrogen-bond donors (Lipinski definition) is 1. The second-order valence-electron chi connectivity index (χ2n) is 8.03. The highest BCUT2D eigenvalue weighted by molar-refractivity contribution is 6.74. The summed E-state index contributed by atoms with van der Waals surface area (Å²) in [4.78, 5) is 0. The van der Waals surface area contributed by atoms with Crippen LogP contribution in [0.1, 0.15) is 34.6 Å². The first-order valence-corrected chi connectivity index (χ1v) is 10.6. The Hall–Kier alpha value is 0.0169. The molecule has 21 heavy (non-hydrogen) atoms. The Morgan fingerprint density at radius 2 is 1.71 bits per heavy atom. The van der Waals surface area contributed by atoms with E-state index in [0.29, 0.717) is 6.61 Å². The largest absolute Gasteiger partial charge is 0.414 e. The third-order valence-corrected chi connectivity index (χ3v) is 9.26. The van der Waals surface area contributed by atoms with Crippen LogP contribution in [0, 0.1) is 0 Å². The lowest BCUT2D eigenvalue weighted by molar-refractivity contribution is -0.150. The molecular weight excluding hydrogens is 288 g/mol. The van der Waals surface area contributed by atoms with E-state index in [2.05, 4.69) is 33.9 Å². The van der Waals surface area contributed by atoms with E-state index in [9.17, 15) is 5.11 Å². The molecule has 0 radical (unpaired) electrons. The maximum atomic E-state index is 9.17. The summed E-state index contributed by atoms with van der Waals surface area (Å²) in [5, 5.41) is 9.34. The van der Waals surface area contributed by atoms with Crippen molar-refractivity contribution < 1.29 is 23.7 Å². The maximum Gasteiger partial charge on any atom is 0.192 e. The predicted octanol–water partition coefficient (Wildman–Crippen LogP) is 2.29. The number of aliphatic hydroxyl groups excluding tert-OH is 1. The molecule has 2 aliphatic rings. The number of hydrogen-bond acceptors (Lipinski definition) is 5. The summed E-state index contributed by atoms with van der Waals surface area (Å²) in [6.45, 7) is 15.5. The van der Waals surface area contributed by atoms with Crippen molar-refractivity contribution >= 4 is 8.32 Å². The van der Waals surface area contributed by atoms with E-state index in [1.54, 1.807) is 0 Å². The maximum absolute atomic E-state index is 9.17. The summed E-state index contributed by atoms with van der Waals surface area (Å²) >= 11 is 0. The van der Waals surface area contributed by atoms with Crippen molar-refractivity contribution in [1.29, 1.82) is 0 Å². The van der Waals surface area contributed by atoms with Gasteiger partial charge in [0.2, 0.25) is 0 Å². The monoisotopic (exact) mass is 318 g/mol. The smallest absolute Gasteiger partial charge is 0.192 e. The van der Waals surface area contributed by atoms with E-state index in [-0.39, 0.29) is 36.1 Å². The van der Waals surface area contributed by atoms with Gasteiger partial charge in [-0.3, -0.25) is 0 Å². The van der Waals surface area contributed by atoms with Crippen LogP contribution in [0.5, 0.6) is 0 Å². The summed E-state index contributed by atoms with van der Waals surface area (Å²) < 4.78 is 23.7. The van der Waals surface area contributed by atoms with E-state index < -0.39 is 14.1 Å². The lowest BCUT2D eigenvalue weighted by Crippen LogP contribution is -2.44. The van der Waals surface area contributed by atoms with Gasteiger partial charge in [0.1, 0.15) is 24.4 Å². The molecule has 0 aromatic heterocycles. The molecule has 124 valence electrons. The molecule has 2 aliphatic heterocycles. The standard InChI is InChI=1S/C15H30O5Si/c1-14(2,3)21(6,7)17-9-11-13(12-10(8-16)18-12)20-15(4,5)19-11/h10-13,16H,8-9H2,1-7H3. The quantitative estimate of drug-likeness (QED) is 0.622. The minimum Gasteiger partial charge on any atom is -0.414 e. The summed E-state index contributed by atoms with van der Waals surface area (Å²) in [5.74, 6) is -0.627. The first-order chi connectivity index (χ1) is 9.47. The molecule has 4 unspecified atom stereocenters. The Balaban J connectivity index is 1.97. The second kappa shape index (κ2) is 5.58. The Morgan fingerprint density at radius 1 is 1.10 bits per heavy atom. The third-order valence-electron chi connectivity index (χ3n) is 4.76. The fourth-order valence-electron chi connectivity index (χ4n) is 2.37. The van der Waals surface area contributed by atoms with Gasteiger partial charge in [-0.25, -0.2) is 0 Å². The fraction of sp³-hybridized carbons (Fsp3) is 1.00. The first-order valence-electron chi connectivity index (χ1n) is 7.73. The minimum absolute atomic E-state index is 0.0285. The average molecular weight is 318 g/mol. The number of ether oxygens (including phenoxy) is 3. The van der Waals surface area contributed by atoms with Gasteiger partial charge in [-0.05, 0) is 32.0 Å². The summed E-state index contributed by atoms with van der Waals surface area (Å²) in [7, 11) is -1.81. The number of epoxide rings is 1. The van der Waals surface area contributed by atoms with Crippen LogP contribution in [0.3, 0.4) is 0 Å². The summed E-state index contributed by atoms with van der Waals surface area (Å²) in [6, 6.07) is 0. The Morgan fingerprint density at radius 3 is 2.19 bits per heavy atom. The van der Waals surface area contributed by atoms with Gasteiger partial charge in [0, 0.05) is 0 Å². The van der Waals surface area contributed by atoms with Crippen LogP contribution in [-0.4, -0.2) is 56.8 Å². The summed E-state index contributed by atoms with van der Waals surface area (Å²) in [6.07, 6.45) is -0.509. The Bertz CT molecular complexity index is 377. The van der Waals surface area contributed by atoms with E-state index in [0.717, 1.165) is 0 Å². The van der Waals surface area contributed by atoms with Gasteiger partial charge in [0.05, 0.1) is 13.2 Å². The van der Waals surface area contributed by atoms with Gasteiger partial charge < -0.3 is 23.7 Å². The Labute approximate surface area is 129 Å². The summed E-state index contributed by atoms with van der Waals surface area (Å²) in [5.41, 5.74) is 0. The molecule has 0 spiro atoms. The van der Waals surface area contributed by atoms with Crippen LogP contribution < -0.4 is 0 Å². The molecular formula is C15H30O5Si. The zero-order valence-corrected chi connectivity index (χ0v) is 15.3. The molecule has 4 atom stereocenters. The van der Waals surface area contributed by atoms with Crippen molar-refractivity contribution in [2.75, 3.05) is 13.2 Å². The van der Waals surface area contributed by atoms with Crippen molar-refractivity contribution in [3.05, 3.63) is 0 Å². The minimum atomic E-state index is -1.81. The van der Waals surface area contributed by atoms with Crippen LogP contribution in [0.25, 0.3) is 0 Å². The first kappa shape index (κ1) is 17.4. The topological polar surface area (TPSA) is 60.5 Å². The number of rotatable bonds is 5. The molecule has 0 aromatic rings. The highest BCUT2D eigenvalue weighted by atomic mass is 28.4. The van der Waals surface area contributed by atoms with Crippen molar-refractivity contribution in [2.45, 2.75) is 83.0 Å². The molecule has 0 aliphatic carbocycles. The number of aliphatic hydroxyl groups is 1. The van der Waals surface area contributed by atoms with Crippen LogP contribution >= 0.6 is 0 Å². The third kappa shape index (κ3) is 3.86. The zero-order valence-electron chi connectivity index (χ0n) is 14.3. The van der Waals surface area contributed by atoms with Crippen molar-refractivity contribution in [3.8, 4) is 0 Å². The molecule has 2 fully saturated rings. The van der Waals surface area contributed by atoms with Crippen molar-refractivity contribution in [2.24, 2.45) is 0 Å². The molecule has 0 aromatic carbocycles. The fourth-order valence-corrected chi connectivity index (χ4v) is 3.38. The van der Waals surface area contributed by atoms with Crippen molar-refractivity contribution in [3.63, 3.8) is 0 Å². The van der Waals surface area contributed by atoms with Crippen LogP contribution in [0.2, 0.25) is 18.1 Å². The molecule has 0 bridgehead atoms. The highest BCUT2D eigenvalue weighted by Crippen LogP contribution is 2.40. The molecule has 1 N–H and O–H groups in total. The Kier molecular flexibility index (Phi) is 4.62. The molecule has 0 amide bonds. The van der Waals surface area contributed by atoms with Crippen LogP contribution in [0.15, 0.2) is 0 Å². The van der Waals surface area contributed by atoms with Gasteiger partial charge in [0.25, 0.3) is 0 Å². The molecule has 5 nitrogen and oxygen atoms in total.